The predicted octanol–water partition coefficient (Wildman–Crippen LogP) is 0.160. The predicted molar refractivity (Wildman–Crippen MR) is 45.2 cm³/mol. The van der Waals surface area contributed by atoms with Crippen molar-refractivity contribution in [2.24, 2.45) is 5.92 Å². The standard InChI is InChI=1S/C7H12O4S/c1-3-4-7(5-11-2)6-12(8,9)10/h7H,5-6H2,1-2H3,(H,8,9,10). The third-order valence-electron chi connectivity index (χ3n) is 1.13. The van der Waals surface area contributed by atoms with E-state index in [9.17, 15) is 8.42 Å². The molecule has 5 heteroatoms. The highest BCUT2D eigenvalue weighted by Gasteiger charge is 2.13. The van der Waals surface area contributed by atoms with E-state index in [2.05, 4.69) is 11.8 Å². The summed E-state index contributed by atoms with van der Waals surface area (Å²) in [6.07, 6.45) is 0. The van der Waals surface area contributed by atoms with Gasteiger partial charge in [0, 0.05) is 7.11 Å². The van der Waals surface area contributed by atoms with Crippen LogP contribution < -0.4 is 0 Å². The fraction of sp³-hybridized carbons (Fsp3) is 0.714. The molecule has 0 bridgehead atoms. The van der Waals surface area contributed by atoms with Gasteiger partial charge in [-0.05, 0) is 6.92 Å². The maximum absolute atomic E-state index is 10.4. The van der Waals surface area contributed by atoms with Crippen molar-refractivity contribution < 1.29 is 17.7 Å². The van der Waals surface area contributed by atoms with E-state index in [-0.39, 0.29) is 12.4 Å². The summed E-state index contributed by atoms with van der Waals surface area (Å²) in [5, 5.41) is 0. The Hall–Kier alpha value is -0.570. The van der Waals surface area contributed by atoms with Gasteiger partial charge in [0.2, 0.25) is 0 Å². The van der Waals surface area contributed by atoms with E-state index in [1.165, 1.54) is 7.11 Å². The van der Waals surface area contributed by atoms with Gasteiger partial charge in [0.25, 0.3) is 10.1 Å². The molecule has 70 valence electrons. The van der Waals surface area contributed by atoms with Gasteiger partial charge in [0.05, 0.1) is 18.3 Å². The van der Waals surface area contributed by atoms with Crippen LogP contribution in [-0.4, -0.2) is 32.4 Å². The van der Waals surface area contributed by atoms with E-state index >= 15 is 0 Å². The van der Waals surface area contributed by atoms with E-state index < -0.39 is 16.0 Å². The number of methoxy groups -OCH3 is 1. The Labute approximate surface area is 72.7 Å². The highest BCUT2D eigenvalue weighted by molar-refractivity contribution is 7.85. The van der Waals surface area contributed by atoms with Crippen LogP contribution in [0.1, 0.15) is 6.92 Å². The molecule has 0 fully saturated rings. The third kappa shape index (κ3) is 6.16. The van der Waals surface area contributed by atoms with Crippen molar-refractivity contribution in [3.8, 4) is 11.8 Å². The summed E-state index contributed by atoms with van der Waals surface area (Å²) in [6, 6.07) is 0. The molecular weight excluding hydrogens is 180 g/mol. The lowest BCUT2D eigenvalue weighted by Gasteiger charge is -2.05. The van der Waals surface area contributed by atoms with Crippen LogP contribution >= 0.6 is 0 Å². The molecule has 12 heavy (non-hydrogen) atoms. The molecule has 4 nitrogen and oxygen atoms in total. The number of rotatable bonds is 4. The second-order valence-electron chi connectivity index (χ2n) is 2.30. The molecule has 0 saturated heterocycles. The summed E-state index contributed by atoms with van der Waals surface area (Å²) < 4.78 is 34.1. The Morgan fingerprint density at radius 2 is 2.17 bits per heavy atom. The van der Waals surface area contributed by atoms with Gasteiger partial charge in [-0.1, -0.05) is 5.92 Å². The van der Waals surface area contributed by atoms with Gasteiger partial charge in [0.15, 0.2) is 0 Å². The zero-order valence-electron chi connectivity index (χ0n) is 7.07. The first kappa shape index (κ1) is 11.4. The van der Waals surface area contributed by atoms with Gasteiger partial charge in [-0.3, -0.25) is 4.55 Å². The summed E-state index contributed by atoms with van der Waals surface area (Å²) in [4.78, 5) is 0. The summed E-state index contributed by atoms with van der Waals surface area (Å²) >= 11 is 0. The van der Waals surface area contributed by atoms with Crippen molar-refractivity contribution in [2.45, 2.75) is 6.92 Å². The SMILES string of the molecule is CC#CC(COC)CS(=O)(=O)O. The monoisotopic (exact) mass is 192 g/mol. The zero-order valence-corrected chi connectivity index (χ0v) is 7.89. The van der Waals surface area contributed by atoms with E-state index in [1.54, 1.807) is 6.92 Å². The Bertz CT molecular complexity index is 270. The highest BCUT2D eigenvalue weighted by Crippen LogP contribution is 1.99. The second kappa shape index (κ2) is 5.14. The Morgan fingerprint density at radius 3 is 2.50 bits per heavy atom. The largest absolute Gasteiger partial charge is 0.383 e. The van der Waals surface area contributed by atoms with Crippen LogP contribution in [-0.2, 0) is 14.9 Å². The minimum absolute atomic E-state index is 0.209. The smallest absolute Gasteiger partial charge is 0.266 e. The van der Waals surface area contributed by atoms with E-state index in [1.807, 2.05) is 0 Å². The third-order valence-corrected chi connectivity index (χ3v) is 1.95. The molecule has 0 saturated carbocycles. The average Bonchev–Trinajstić information content (AvgIpc) is 1.84. The molecular formula is C7H12O4S. The van der Waals surface area contributed by atoms with Crippen LogP contribution in [0.3, 0.4) is 0 Å². The van der Waals surface area contributed by atoms with Crippen molar-refractivity contribution >= 4 is 10.1 Å². The lowest BCUT2D eigenvalue weighted by atomic mass is 10.2. The molecule has 0 heterocycles. The highest BCUT2D eigenvalue weighted by atomic mass is 32.2. The molecule has 1 N–H and O–H groups in total. The van der Waals surface area contributed by atoms with Crippen LogP contribution in [0, 0.1) is 17.8 Å². The average molecular weight is 192 g/mol. The molecule has 1 unspecified atom stereocenters. The zero-order chi connectivity index (χ0) is 9.61. The van der Waals surface area contributed by atoms with Crippen molar-refractivity contribution in [1.29, 1.82) is 0 Å². The van der Waals surface area contributed by atoms with Gasteiger partial charge >= 0.3 is 0 Å². The van der Waals surface area contributed by atoms with E-state index in [4.69, 9.17) is 9.29 Å². The molecule has 0 aliphatic carbocycles. The molecule has 0 spiro atoms. The Balaban J connectivity index is 4.20. The molecule has 0 rings (SSSR count). The summed E-state index contributed by atoms with van der Waals surface area (Å²) in [5.41, 5.74) is 0. The molecule has 0 aliphatic rings. The maximum Gasteiger partial charge on any atom is 0.266 e. The first-order valence-electron chi connectivity index (χ1n) is 3.36. The summed E-state index contributed by atoms with van der Waals surface area (Å²) in [5.74, 6) is 4.37. The van der Waals surface area contributed by atoms with Crippen LogP contribution in [0.5, 0.6) is 0 Å². The lowest BCUT2D eigenvalue weighted by Crippen LogP contribution is -2.18. The van der Waals surface area contributed by atoms with Crippen molar-refractivity contribution in [3.63, 3.8) is 0 Å². The Morgan fingerprint density at radius 1 is 1.58 bits per heavy atom. The molecule has 0 amide bonds. The first-order valence-corrected chi connectivity index (χ1v) is 4.97. The van der Waals surface area contributed by atoms with E-state index in [0.717, 1.165) is 0 Å². The van der Waals surface area contributed by atoms with Gasteiger partial charge in [-0.2, -0.15) is 8.42 Å². The minimum atomic E-state index is -3.95. The van der Waals surface area contributed by atoms with Crippen LogP contribution in [0.15, 0.2) is 0 Å². The molecule has 0 aliphatic heterocycles. The second-order valence-corrected chi connectivity index (χ2v) is 3.79. The normalized spacial score (nSPS) is 13.2. The van der Waals surface area contributed by atoms with Crippen LogP contribution in [0.2, 0.25) is 0 Å². The van der Waals surface area contributed by atoms with Crippen LogP contribution in [0.4, 0.5) is 0 Å². The van der Waals surface area contributed by atoms with Crippen molar-refractivity contribution in [3.05, 3.63) is 0 Å². The number of ether oxygens (including phenoxy) is 1. The fourth-order valence-corrected chi connectivity index (χ4v) is 1.48. The number of hydrogen-bond donors (Lipinski definition) is 1. The van der Waals surface area contributed by atoms with Crippen molar-refractivity contribution in [2.75, 3.05) is 19.5 Å². The van der Waals surface area contributed by atoms with Crippen molar-refractivity contribution in [1.82, 2.24) is 0 Å². The van der Waals surface area contributed by atoms with Gasteiger partial charge < -0.3 is 4.74 Å². The molecule has 0 radical (unpaired) electrons. The summed E-state index contributed by atoms with van der Waals surface area (Å²) in [6.45, 7) is 1.81. The van der Waals surface area contributed by atoms with E-state index in [0.29, 0.717) is 0 Å². The van der Waals surface area contributed by atoms with Crippen LogP contribution in [0.25, 0.3) is 0 Å². The molecule has 1 atom stereocenters. The fourth-order valence-electron chi connectivity index (χ4n) is 0.791. The number of hydrogen-bond acceptors (Lipinski definition) is 3. The minimum Gasteiger partial charge on any atom is -0.383 e. The maximum atomic E-state index is 10.4. The van der Waals surface area contributed by atoms with Gasteiger partial charge in [0.1, 0.15) is 0 Å². The van der Waals surface area contributed by atoms with Gasteiger partial charge in [-0.25, -0.2) is 0 Å². The summed E-state index contributed by atoms with van der Waals surface area (Å²) in [7, 11) is -2.50. The first-order chi connectivity index (χ1) is 5.49. The topological polar surface area (TPSA) is 63.6 Å². The lowest BCUT2D eigenvalue weighted by molar-refractivity contribution is 0.179. The Kier molecular flexibility index (Phi) is 4.90. The quantitative estimate of drug-likeness (QED) is 0.509. The van der Waals surface area contributed by atoms with Gasteiger partial charge in [-0.15, -0.1) is 5.92 Å². The molecule has 0 aromatic carbocycles. The molecule has 0 aromatic heterocycles. The molecule has 0 aromatic rings.